The summed E-state index contributed by atoms with van der Waals surface area (Å²) in [6, 6.07) is 5.30. The number of halogens is 3. The Bertz CT molecular complexity index is 1950. The number of amides is 2. The molecule has 15 heteroatoms. The average molecular weight is 604 g/mol. The van der Waals surface area contributed by atoms with E-state index in [1.165, 1.54) is 37.6 Å². The number of benzene rings is 1. The minimum Gasteiger partial charge on any atom is -0.344 e. The van der Waals surface area contributed by atoms with Crippen molar-refractivity contribution in [2.24, 2.45) is 0 Å². The van der Waals surface area contributed by atoms with E-state index in [1.54, 1.807) is 6.07 Å². The highest BCUT2D eigenvalue weighted by molar-refractivity contribution is 6.05. The molecule has 0 spiro atoms. The fourth-order valence-corrected chi connectivity index (χ4v) is 4.15. The van der Waals surface area contributed by atoms with Crippen LogP contribution in [0.1, 0.15) is 55.3 Å². The normalized spacial score (nSPS) is 11.6. The molecule has 12 nitrogen and oxygen atoms in total. The van der Waals surface area contributed by atoms with Crippen molar-refractivity contribution < 1.29 is 27.3 Å². The smallest absolute Gasteiger partial charge is 0.344 e. The summed E-state index contributed by atoms with van der Waals surface area (Å²) in [5.41, 5.74) is -0.291. The second-order valence-corrected chi connectivity index (χ2v) is 10.5. The van der Waals surface area contributed by atoms with Crippen LogP contribution in [0.15, 0.2) is 47.4 Å². The van der Waals surface area contributed by atoms with Gasteiger partial charge >= 0.3 is 23.9 Å². The molecule has 5 aromatic rings. The fourth-order valence-electron chi connectivity index (χ4n) is 4.15. The number of H-pyrrole nitrogens is 1. The number of nitrogens with one attached hydrogen (secondary N) is 3. The topological polar surface area (TPSA) is 164 Å². The van der Waals surface area contributed by atoms with Gasteiger partial charge in [-0.2, -0.15) is 18.2 Å². The molecule has 4 heterocycles. The largest absolute Gasteiger partial charge is 0.416 e. The number of rotatable bonds is 6. The number of aromatic nitrogens is 7. The summed E-state index contributed by atoms with van der Waals surface area (Å²) in [5, 5.41) is 8.72. The lowest BCUT2D eigenvalue weighted by atomic mass is 9.96. The number of hydrogen-bond donors (Lipinski definition) is 3. The minimum atomic E-state index is -4.74. The van der Waals surface area contributed by atoms with Crippen LogP contribution in [0, 0.1) is 11.8 Å². The van der Waals surface area contributed by atoms with Crippen LogP contribution in [0.25, 0.3) is 33.8 Å². The highest BCUT2D eigenvalue weighted by Gasteiger charge is 2.34. The molecule has 0 atom stereocenters. The molecule has 3 N–H and O–H groups in total. The molecule has 0 saturated carbocycles. The van der Waals surface area contributed by atoms with Crippen LogP contribution in [0.5, 0.6) is 0 Å². The summed E-state index contributed by atoms with van der Waals surface area (Å²) in [7, 11) is 0. The number of carbonyl (C=O) groups is 2. The number of imidazole rings is 1. The SMILES string of the molecule is CC#CC(=O)Nc1nccnc1-c1nc2nccc(-c3ccc(CNC(=O)c4nc(C(C)(C)C)no4)c(C(F)(F)F)c3)c2[nH]1. The molecule has 44 heavy (non-hydrogen) atoms. The van der Waals surface area contributed by atoms with Crippen LogP contribution >= 0.6 is 0 Å². The minimum absolute atomic E-state index is 0.0850. The predicted molar refractivity (Wildman–Crippen MR) is 152 cm³/mol. The van der Waals surface area contributed by atoms with E-state index < -0.39 is 35.5 Å². The first-order chi connectivity index (χ1) is 20.8. The first-order valence-electron chi connectivity index (χ1n) is 13.1. The Balaban J connectivity index is 1.46. The summed E-state index contributed by atoms with van der Waals surface area (Å²) in [4.78, 5) is 48.7. The number of nitrogens with zero attached hydrogens (tertiary/aromatic N) is 6. The average Bonchev–Trinajstić information content (AvgIpc) is 3.64. The summed E-state index contributed by atoms with van der Waals surface area (Å²) in [6.07, 6.45) is -0.554. The zero-order chi connectivity index (χ0) is 31.6. The van der Waals surface area contributed by atoms with Gasteiger partial charge < -0.3 is 14.8 Å². The molecular formula is C29H24F3N9O3. The Labute approximate surface area is 247 Å². The van der Waals surface area contributed by atoms with Crippen molar-refractivity contribution in [2.45, 2.75) is 45.8 Å². The van der Waals surface area contributed by atoms with Crippen LogP contribution in [-0.4, -0.2) is 46.9 Å². The molecule has 0 radical (unpaired) electrons. The summed E-state index contributed by atoms with van der Waals surface area (Å²) in [6.45, 7) is 6.55. The van der Waals surface area contributed by atoms with Crippen molar-refractivity contribution >= 4 is 28.8 Å². The molecule has 0 aliphatic rings. The molecule has 0 fully saturated rings. The Morgan fingerprint density at radius 2 is 1.80 bits per heavy atom. The van der Waals surface area contributed by atoms with Gasteiger partial charge in [0, 0.05) is 36.1 Å². The number of aromatic amines is 1. The molecule has 0 aliphatic carbocycles. The van der Waals surface area contributed by atoms with E-state index >= 15 is 0 Å². The third-order valence-corrected chi connectivity index (χ3v) is 6.24. The molecule has 0 saturated heterocycles. The number of hydrogen-bond acceptors (Lipinski definition) is 9. The van der Waals surface area contributed by atoms with E-state index in [4.69, 9.17) is 4.52 Å². The van der Waals surface area contributed by atoms with Crippen molar-refractivity contribution in [1.29, 1.82) is 0 Å². The van der Waals surface area contributed by atoms with Gasteiger partial charge in [-0.05, 0) is 36.1 Å². The molecule has 1 aromatic carbocycles. The molecule has 5 rings (SSSR count). The quantitative estimate of drug-likeness (QED) is 0.234. The highest BCUT2D eigenvalue weighted by Crippen LogP contribution is 2.37. The van der Waals surface area contributed by atoms with Gasteiger partial charge in [0.2, 0.25) is 0 Å². The lowest BCUT2D eigenvalue weighted by Crippen LogP contribution is -2.25. The van der Waals surface area contributed by atoms with E-state index in [9.17, 15) is 22.8 Å². The Kier molecular flexibility index (Phi) is 7.83. The van der Waals surface area contributed by atoms with Crippen LogP contribution in [0.2, 0.25) is 0 Å². The van der Waals surface area contributed by atoms with E-state index in [-0.39, 0.29) is 40.0 Å². The Morgan fingerprint density at radius 3 is 2.50 bits per heavy atom. The summed E-state index contributed by atoms with van der Waals surface area (Å²) in [5.74, 6) is 3.63. The van der Waals surface area contributed by atoms with Gasteiger partial charge in [0.1, 0.15) is 5.69 Å². The highest BCUT2D eigenvalue weighted by atomic mass is 19.4. The zero-order valence-corrected chi connectivity index (χ0v) is 23.8. The van der Waals surface area contributed by atoms with E-state index in [0.717, 1.165) is 6.07 Å². The van der Waals surface area contributed by atoms with Crippen LogP contribution in [0.4, 0.5) is 19.0 Å². The van der Waals surface area contributed by atoms with Crippen LogP contribution < -0.4 is 10.6 Å². The van der Waals surface area contributed by atoms with Gasteiger partial charge in [-0.3, -0.25) is 14.9 Å². The molecule has 224 valence electrons. The standard InChI is InChI=1S/C29H24F3N9O3/c1-5-6-19(42)37-23-21(33-11-12-35-23)24-38-20-17(9-10-34-22(20)39-24)15-7-8-16(18(13-15)29(30,31)32)14-36-25(43)26-40-27(41-44-26)28(2,3)4/h7-13H,14H2,1-4H3,(H,36,43)(H,34,38,39)(H,35,37,42). The number of pyridine rings is 1. The summed E-state index contributed by atoms with van der Waals surface area (Å²) < 4.78 is 47.7. The second kappa shape index (κ2) is 11.6. The molecular weight excluding hydrogens is 579 g/mol. The number of anilines is 1. The van der Waals surface area contributed by atoms with Crippen molar-refractivity contribution in [1.82, 2.24) is 40.4 Å². The monoisotopic (exact) mass is 603 g/mol. The maximum Gasteiger partial charge on any atom is 0.416 e. The first-order valence-corrected chi connectivity index (χ1v) is 13.1. The molecule has 0 bridgehead atoms. The van der Waals surface area contributed by atoms with Crippen molar-refractivity contribution in [3.8, 4) is 34.5 Å². The molecule has 0 unspecified atom stereocenters. The third kappa shape index (κ3) is 6.24. The van der Waals surface area contributed by atoms with Gasteiger partial charge in [0.15, 0.2) is 23.1 Å². The summed E-state index contributed by atoms with van der Waals surface area (Å²) >= 11 is 0. The maximum absolute atomic E-state index is 14.2. The predicted octanol–water partition coefficient (Wildman–Crippen LogP) is 4.67. The van der Waals surface area contributed by atoms with Crippen molar-refractivity contribution in [3.05, 3.63) is 65.7 Å². The van der Waals surface area contributed by atoms with Crippen LogP contribution in [0.3, 0.4) is 0 Å². The lowest BCUT2D eigenvalue weighted by Gasteiger charge is -2.15. The van der Waals surface area contributed by atoms with Gasteiger partial charge in [0.05, 0.1) is 11.1 Å². The van der Waals surface area contributed by atoms with Gasteiger partial charge in [-0.25, -0.2) is 19.9 Å². The first kappa shape index (κ1) is 29.8. The third-order valence-electron chi connectivity index (χ3n) is 6.24. The number of fused-ring (bicyclic) bond motifs is 1. The van der Waals surface area contributed by atoms with Gasteiger partial charge in [-0.15, -0.1) is 0 Å². The van der Waals surface area contributed by atoms with E-state index in [1.807, 2.05) is 20.8 Å². The van der Waals surface area contributed by atoms with Gasteiger partial charge in [0.25, 0.3) is 0 Å². The second-order valence-electron chi connectivity index (χ2n) is 10.5. The molecule has 2 amide bonds. The fraction of sp³-hybridized carbons (Fsp3) is 0.241. The van der Waals surface area contributed by atoms with E-state index in [2.05, 4.69) is 57.5 Å². The Morgan fingerprint density at radius 1 is 1.02 bits per heavy atom. The maximum atomic E-state index is 14.2. The van der Waals surface area contributed by atoms with Crippen molar-refractivity contribution in [2.75, 3.05) is 5.32 Å². The zero-order valence-electron chi connectivity index (χ0n) is 23.8. The molecule has 0 aliphatic heterocycles. The Hall–Kier alpha value is -5.65. The molecule has 4 aromatic heterocycles. The van der Waals surface area contributed by atoms with Crippen molar-refractivity contribution in [3.63, 3.8) is 0 Å². The number of carbonyl (C=O) groups excluding carboxylic acids is 2. The lowest BCUT2D eigenvalue weighted by molar-refractivity contribution is -0.138. The van der Waals surface area contributed by atoms with Gasteiger partial charge in [-0.1, -0.05) is 44.0 Å². The van der Waals surface area contributed by atoms with Crippen LogP contribution in [-0.2, 0) is 22.9 Å². The number of alkyl halides is 3. The van der Waals surface area contributed by atoms with E-state index in [0.29, 0.717) is 16.9 Å².